The van der Waals surface area contributed by atoms with Gasteiger partial charge in [0, 0.05) is 38.4 Å². The fourth-order valence-corrected chi connectivity index (χ4v) is 2.40. The molecular weight excluding hydrogens is 260 g/mol. The van der Waals surface area contributed by atoms with Crippen LogP contribution in [0.15, 0.2) is 41.5 Å². The molecule has 0 saturated carbocycles. The molecule has 0 aliphatic rings. The molecule has 21 heavy (non-hydrogen) atoms. The van der Waals surface area contributed by atoms with Crippen molar-refractivity contribution in [1.29, 1.82) is 0 Å². The van der Waals surface area contributed by atoms with Gasteiger partial charge in [-0.2, -0.15) is 0 Å². The first-order valence-corrected chi connectivity index (χ1v) is 7.83. The largest absolute Gasteiger partial charge is 0.356 e. The van der Waals surface area contributed by atoms with Crippen molar-refractivity contribution in [2.75, 3.05) is 20.1 Å². The summed E-state index contributed by atoms with van der Waals surface area (Å²) in [4.78, 5) is 4.23. The van der Waals surface area contributed by atoms with Crippen LogP contribution in [0.25, 0.3) is 10.9 Å². The lowest BCUT2D eigenvalue weighted by atomic mass is 10.2. The third-order valence-corrected chi connectivity index (χ3v) is 3.59. The summed E-state index contributed by atoms with van der Waals surface area (Å²) in [5.74, 6) is 0.904. The van der Waals surface area contributed by atoms with Crippen LogP contribution in [0, 0.1) is 0 Å². The number of benzene rings is 1. The van der Waals surface area contributed by atoms with Crippen LogP contribution in [0.2, 0.25) is 0 Å². The number of aromatic nitrogens is 1. The van der Waals surface area contributed by atoms with E-state index in [0.29, 0.717) is 0 Å². The average molecular weight is 286 g/mol. The number of unbranched alkanes of at least 4 members (excludes halogenated alkanes) is 1. The Morgan fingerprint density at radius 2 is 1.86 bits per heavy atom. The zero-order valence-electron chi connectivity index (χ0n) is 13.1. The molecule has 2 aromatic rings. The average Bonchev–Trinajstić information content (AvgIpc) is 2.93. The number of hydrogen-bond acceptors (Lipinski definition) is 1. The van der Waals surface area contributed by atoms with Gasteiger partial charge >= 0.3 is 0 Å². The quantitative estimate of drug-likeness (QED) is 0.467. The van der Waals surface area contributed by atoms with Crippen LogP contribution in [-0.4, -0.2) is 30.7 Å². The molecule has 1 heterocycles. The van der Waals surface area contributed by atoms with Gasteiger partial charge in [-0.05, 0) is 30.4 Å². The molecule has 1 aromatic heterocycles. The third-order valence-electron chi connectivity index (χ3n) is 3.59. The Morgan fingerprint density at radius 1 is 1.10 bits per heavy atom. The smallest absolute Gasteiger partial charge is 0.190 e. The van der Waals surface area contributed by atoms with E-state index in [1.54, 1.807) is 0 Å². The van der Waals surface area contributed by atoms with Crippen LogP contribution in [0.5, 0.6) is 0 Å². The lowest BCUT2D eigenvalue weighted by Crippen LogP contribution is -2.38. The van der Waals surface area contributed by atoms with Gasteiger partial charge in [0.2, 0.25) is 0 Å². The lowest BCUT2D eigenvalue weighted by molar-refractivity contribution is 0.638. The maximum atomic E-state index is 4.23. The topological polar surface area (TPSA) is 41.4 Å². The number of rotatable bonds is 7. The molecule has 0 unspecified atom stereocenters. The standard InChI is InChI=1S/C17H26N4/c1-3-4-11-19-17(18-2)20-12-7-13-21-14-10-15-8-5-6-9-16(15)21/h5-6,8-10,14H,3-4,7,11-13H2,1-2H3,(H2,18,19,20). The molecule has 4 nitrogen and oxygen atoms in total. The van der Waals surface area contributed by atoms with E-state index in [1.807, 2.05) is 7.05 Å². The summed E-state index contributed by atoms with van der Waals surface area (Å²) in [5, 5.41) is 8.00. The molecule has 0 amide bonds. The summed E-state index contributed by atoms with van der Waals surface area (Å²) < 4.78 is 2.31. The van der Waals surface area contributed by atoms with Crippen molar-refractivity contribution in [3.05, 3.63) is 36.5 Å². The van der Waals surface area contributed by atoms with Gasteiger partial charge in [0.05, 0.1) is 0 Å². The number of aryl methyl sites for hydroxylation is 1. The minimum Gasteiger partial charge on any atom is -0.356 e. The highest BCUT2D eigenvalue weighted by atomic mass is 15.2. The Bertz CT molecular complexity index is 571. The minimum absolute atomic E-state index is 0.904. The third kappa shape index (κ3) is 4.52. The normalized spacial score (nSPS) is 11.8. The molecule has 0 aliphatic heterocycles. The summed E-state index contributed by atoms with van der Waals surface area (Å²) in [6, 6.07) is 10.7. The number of hydrogen-bond donors (Lipinski definition) is 2. The van der Waals surface area contributed by atoms with Gasteiger partial charge in [-0.1, -0.05) is 31.5 Å². The number of para-hydroxylation sites is 1. The molecule has 2 N–H and O–H groups in total. The van der Waals surface area contributed by atoms with Crippen molar-refractivity contribution in [2.24, 2.45) is 4.99 Å². The first-order chi connectivity index (χ1) is 10.3. The van der Waals surface area contributed by atoms with Crippen molar-refractivity contribution in [3.63, 3.8) is 0 Å². The molecule has 0 radical (unpaired) electrons. The van der Waals surface area contributed by atoms with E-state index in [2.05, 4.69) is 63.6 Å². The van der Waals surface area contributed by atoms with Crippen LogP contribution >= 0.6 is 0 Å². The van der Waals surface area contributed by atoms with Crippen molar-refractivity contribution in [3.8, 4) is 0 Å². The molecule has 4 heteroatoms. The second-order valence-corrected chi connectivity index (χ2v) is 5.20. The van der Waals surface area contributed by atoms with Gasteiger partial charge in [-0.25, -0.2) is 0 Å². The minimum atomic E-state index is 0.904. The van der Waals surface area contributed by atoms with Crippen molar-refractivity contribution < 1.29 is 0 Å². The predicted molar refractivity (Wildman–Crippen MR) is 90.8 cm³/mol. The highest BCUT2D eigenvalue weighted by molar-refractivity contribution is 5.80. The second-order valence-electron chi connectivity index (χ2n) is 5.20. The summed E-state index contributed by atoms with van der Waals surface area (Å²) in [6.45, 7) is 5.13. The SMILES string of the molecule is CCCCNC(=NC)NCCCn1ccc2ccccc21. The molecule has 0 saturated heterocycles. The van der Waals surface area contributed by atoms with Crippen molar-refractivity contribution in [2.45, 2.75) is 32.7 Å². The summed E-state index contributed by atoms with van der Waals surface area (Å²) in [7, 11) is 1.82. The Kier molecular flexibility index (Phi) is 6.13. The van der Waals surface area contributed by atoms with Crippen LogP contribution in [-0.2, 0) is 6.54 Å². The Labute approximate surface area is 127 Å². The number of aliphatic imine (C=N–C) groups is 1. The molecule has 0 fully saturated rings. The summed E-state index contributed by atoms with van der Waals surface area (Å²) in [6.07, 6.45) is 5.62. The predicted octanol–water partition coefficient (Wildman–Crippen LogP) is 3.00. The molecule has 114 valence electrons. The fraction of sp³-hybridized carbons (Fsp3) is 0.471. The molecule has 0 spiro atoms. The van der Waals surface area contributed by atoms with Crippen LogP contribution < -0.4 is 10.6 Å². The highest BCUT2D eigenvalue weighted by Gasteiger charge is 2.00. The van der Waals surface area contributed by atoms with E-state index < -0.39 is 0 Å². The Morgan fingerprint density at radius 3 is 2.62 bits per heavy atom. The van der Waals surface area contributed by atoms with Gasteiger partial charge in [0.15, 0.2) is 5.96 Å². The van der Waals surface area contributed by atoms with E-state index in [-0.39, 0.29) is 0 Å². The highest BCUT2D eigenvalue weighted by Crippen LogP contribution is 2.15. The maximum absolute atomic E-state index is 4.23. The molecule has 1 aromatic carbocycles. The van der Waals surface area contributed by atoms with E-state index in [0.717, 1.165) is 32.0 Å². The van der Waals surface area contributed by atoms with Crippen molar-refractivity contribution >= 4 is 16.9 Å². The monoisotopic (exact) mass is 286 g/mol. The molecule has 2 rings (SSSR count). The summed E-state index contributed by atoms with van der Waals surface area (Å²) in [5.41, 5.74) is 1.31. The molecule has 0 atom stereocenters. The van der Waals surface area contributed by atoms with Crippen LogP contribution in [0.1, 0.15) is 26.2 Å². The van der Waals surface area contributed by atoms with Crippen molar-refractivity contribution in [1.82, 2.24) is 15.2 Å². The summed E-state index contributed by atoms with van der Waals surface area (Å²) >= 11 is 0. The first-order valence-electron chi connectivity index (χ1n) is 7.83. The first kappa shape index (κ1) is 15.4. The number of fused-ring (bicyclic) bond motifs is 1. The second kappa shape index (κ2) is 8.35. The van der Waals surface area contributed by atoms with E-state index in [1.165, 1.54) is 23.7 Å². The molecule has 0 bridgehead atoms. The van der Waals surface area contributed by atoms with Crippen LogP contribution in [0.3, 0.4) is 0 Å². The number of guanidine groups is 1. The zero-order chi connectivity index (χ0) is 14.9. The Balaban J connectivity index is 1.74. The van der Waals surface area contributed by atoms with E-state index in [4.69, 9.17) is 0 Å². The lowest BCUT2D eigenvalue weighted by Gasteiger charge is -2.12. The van der Waals surface area contributed by atoms with Gasteiger partial charge in [0.1, 0.15) is 0 Å². The van der Waals surface area contributed by atoms with Gasteiger partial charge in [-0.3, -0.25) is 4.99 Å². The Hall–Kier alpha value is -1.97. The van der Waals surface area contributed by atoms with Gasteiger partial charge in [-0.15, -0.1) is 0 Å². The van der Waals surface area contributed by atoms with Gasteiger partial charge in [0.25, 0.3) is 0 Å². The molecular formula is C17H26N4. The number of nitrogens with one attached hydrogen (secondary N) is 2. The maximum Gasteiger partial charge on any atom is 0.190 e. The fourth-order valence-electron chi connectivity index (χ4n) is 2.40. The van der Waals surface area contributed by atoms with E-state index >= 15 is 0 Å². The molecule has 0 aliphatic carbocycles. The van der Waals surface area contributed by atoms with Crippen LogP contribution in [0.4, 0.5) is 0 Å². The number of nitrogens with zero attached hydrogens (tertiary/aromatic N) is 2. The van der Waals surface area contributed by atoms with E-state index in [9.17, 15) is 0 Å². The van der Waals surface area contributed by atoms with Gasteiger partial charge < -0.3 is 15.2 Å². The zero-order valence-corrected chi connectivity index (χ0v) is 13.1.